The highest BCUT2D eigenvalue weighted by Gasteiger charge is 2.17. The molecule has 0 aliphatic rings. The van der Waals surface area contributed by atoms with E-state index in [1.54, 1.807) is 33.3 Å². The van der Waals surface area contributed by atoms with Crippen molar-refractivity contribution in [1.82, 2.24) is 19.9 Å². The Labute approximate surface area is 191 Å². The highest BCUT2D eigenvalue weighted by atomic mass is 19.1. The lowest BCUT2D eigenvalue weighted by atomic mass is 10.1. The van der Waals surface area contributed by atoms with E-state index in [-0.39, 0.29) is 11.4 Å². The second-order valence-electron chi connectivity index (χ2n) is 7.40. The molecule has 0 radical (unpaired) electrons. The van der Waals surface area contributed by atoms with Gasteiger partial charge >= 0.3 is 0 Å². The summed E-state index contributed by atoms with van der Waals surface area (Å²) in [5.41, 5.74) is 2.34. The number of hydrogen-bond donors (Lipinski definition) is 0. The van der Waals surface area contributed by atoms with Crippen LogP contribution in [0.5, 0.6) is 11.5 Å². The van der Waals surface area contributed by atoms with Gasteiger partial charge in [-0.25, -0.2) is 9.97 Å². The summed E-state index contributed by atoms with van der Waals surface area (Å²) in [7, 11) is 3.27. The molecule has 4 aromatic rings. The van der Waals surface area contributed by atoms with Gasteiger partial charge in [0.15, 0.2) is 5.82 Å². The normalized spacial score (nSPS) is 10.7. The minimum atomic E-state index is -0.620. The molecule has 0 N–H and O–H groups in total. The molecule has 0 saturated heterocycles. The van der Waals surface area contributed by atoms with E-state index >= 15 is 0 Å². The first kappa shape index (κ1) is 22.1. The Hall–Kier alpha value is -4.07. The summed E-state index contributed by atoms with van der Waals surface area (Å²) in [6.45, 7) is 2.84. The predicted molar refractivity (Wildman–Crippen MR) is 124 cm³/mol. The Kier molecular flexibility index (Phi) is 6.73. The van der Waals surface area contributed by atoms with Gasteiger partial charge in [0.05, 0.1) is 19.8 Å². The number of aryl methyl sites for hydroxylation is 1. The molecule has 4 rings (SSSR count). The predicted octanol–water partition coefficient (Wildman–Crippen LogP) is 4.61. The number of rotatable bonds is 8. The number of methoxy groups -OCH3 is 2. The molecule has 33 heavy (non-hydrogen) atoms. The van der Waals surface area contributed by atoms with Crippen molar-refractivity contribution in [3.63, 3.8) is 0 Å². The van der Waals surface area contributed by atoms with E-state index in [2.05, 4.69) is 19.9 Å². The van der Waals surface area contributed by atoms with Crippen LogP contribution in [0.1, 0.15) is 17.0 Å². The van der Waals surface area contributed by atoms with Gasteiger partial charge in [-0.3, -0.25) is 0 Å². The number of aromatic nitrogens is 4. The highest BCUT2D eigenvalue weighted by Crippen LogP contribution is 2.23. The lowest BCUT2D eigenvalue weighted by Crippen LogP contribution is -2.25. The molecule has 8 heteroatoms. The molecule has 0 spiro atoms. The number of halogens is 1. The molecule has 168 valence electrons. The third kappa shape index (κ3) is 5.41. The number of pyridine rings is 1. The number of ether oxygens (including phenoxy) is 2. The van der Waals surface area contributed by atoms with Crippen LogP contribution in [0.25, 0.3) is 11.4 Å². The van der Waals surface area contributed by atoms with Gasteiger partial charge in [-0.1, -0.05) is 24.3 Å². The third-order valence-electron chi connectivity index (χ3n) is 5.08. The van der Waals surface area contributed by atoms with Gasteiger partial charge < -0.3 is 14.4 Å². The molecule has 2 heterocycles. The molecule has 0 atom stereocenters. The van der Waals surface area contributed by atoms with Crippen molar-refractivity contribution in [2.24, 2.45) is 0 Å². The van der Waals surface area contributed by atoms with Crippen molar-refractivity contribution in [3.8, 4) is 22.9 Å². The van der Waals surface area contributed by atoms with Gasteiger partial charge in [0.1, 0.15) is 17.3 Å². The molecule has 0 fully saturated rings. The molecule has 0 amide bonds. The standard InChI is InChI=1S/C25H24FN5O2/c1-17-28-24(22-5-4-14-27-23(22)26)30-25(29-17)31(15-18-6-10-20(32-2)11-7-18)16-19-8-12-21(33-3)13-9-19/h4-14H,15-16H2,1-3H3. The summed E-state index contributed by atoms with van der Waals surface area (Å²) < 4.78 is 24.9. The van der Waals surface area contributed by atoms with Gasteiger partial charge in [-0.05, 0) is 54.4 Å². The van der Waals surface area contributed by atoms with Crippen LogP contribution < -0.4 is 14.4 Å². The summed E-state index contributed by atoms with van der Waals surface area (Å²) in [5, 5.41) is 0. The molecule has 0 bridgehead atoms. The van der Waals surface area contributed by atoms with E-state index in [0.29, 0.717) is 24.9 Å². The van der Waals surface area contributed by atoms with Crippen LogP contribution in [0.15, 0.2) is 66.9 Å². The lowest BCUT2D eigenvalue weighted by molar-refractivity contribution is 0.414. The Balaban J connectivity index is 1.71. The first-order valence-electron chi connectivity index (χ1n) is 10.4. The fourth-order valence-electron chi connectivity index (χ4n) is 3.38. The van der Waals surface area contributed by atoms with Crippen molar-refractivity contribution in [1.29, 1.82) is 0 Å². The smallest absolute Gasteiger partial charge is 0.229 e. The van der Waals surface area contributed by atoms with Crippen molar-refractivity contribution in [3.05, 3.63) is 89.8 Å². The topological polar surface area (TPSA) is 73.3 Å². The highest BCUT2D eigenvalue weighted by molar-refractivity contribution is 5.55. The summed E-state index contributed by atoms with van der Waals surface area (Å²) >= 11 is 0. The van der Waals surface area contributed by atoms with Gasteiger partial charge in [0.25, 0.3) is 0 Å². The first-order chi connectivity index (χ1) is 16.1. The van der Waals surface area contributed by atoms with Crippen LogP contribution >= 0.6 is 0 Å². The average molecular weight is 445 g/mol. The summed E-state index contributed by atoms with van der Waals surface area (Å²) in [6.07, 6.45) is 1.40. The Bertz CT molecular complexity index is 1170. The zero-order valence-electron chi connectivity index (χ0n) is 18.7. The monoisotopic (exact) mass is 445 g/mol. The second kappa shape index (κ2) is 10.0. The zero-order chi connectivity index (χ0) is 23.2. The molecule has 0 aliphatic carbocycles. The summed E-state index contributed by atoms with van der Waals surface area (Å²) in [4.78, 5) is 19.3. The minimum Gasteiger partial charge on any atom is -0.497 e. The summed E-state index contributed by atoms with van der Waals surface area (Å²) in [6, 6.07) is 18.9. The molecule has 2 aromatic heterocycles. The van der Waals surface area contributed by atoms with Crippen molar-refractivity contribution < 1.29 is 13.9 Å². The first-order valence-corrected chi connectivity index (χ1v) is 10.4. The zero-order valence-corrected chi connectivity index (χ0v) is 18.7. The van der Waals surface area contributed by atoms with Gasteiger partial charge in [-0.2, -0.15) is 14.4 Å². The molecular formula is C25H24FN5O2. The summed E-state index contributed by atoms with van der Waals surface area (Å²) in [5.74, 6) is 2.14. The lowest BCUT2D eigenvalue weighted by Gasteiger charge is -2.24. The molecule has 0 unspecified atom stereocenters. The second-order valence-corrected chi connectivity index (χ2v) is 7.40. The largest absolute Gasteiger partial charge is 0.497 e. The number of hydrogen-bond acceptors (Lipinski definition) is 7. The Morgan fingerprint density at radius 2 is 1.36 bits per heavy atom. The average Bonchev–Trinajstić information content (AvgIpc) is 2.84. The van der Waals surface area contributed by atoms with Gasteiger partial charge in [0, 0.05) is 19.3 Å². The fraction of sp³-hybridized carbons (Fsp3) is 0.200. The number of benzene rings is 2. The molecular weight excluding hydrogens is 421 g/mol. The van der Waals surface area contributed by atoms with Crippen LogP contribution in [-0.4, -0.2) is 34.2 Å². The van der Waals surface area contributed by atoms with Crippen LogP contribution in [-0.2, 0) is 13.1 Å². The van der Waals surface area contributed by atoms with Crippen LogP contribution in [0.4, 0.5) is 10.3 Å². The van der Waals surface area contributed by atoms with Crippen LogP contribution in [0.2, 0.25) is 0 Å². The third-order valence-corrected chi connectivity index (χ3v) is 5.08. The maximum Gasteiger partial charge on any atom is 0.229 e. The van der Waals surface area contributed by atoms with Gasteiger partial charge in [-0.15, -0.1) is 0 Å². The fourth-order valence-corrected chi connectivity index (χ4v) is 3.38. The van der Waals surface area contributed by atoms with Crippen molar-refractivity contribution >= 4 is 5.95 Å². The van der Waals surface area contributed by atoms with E-state index in [9.17, 15) is 4.39 Å². The maximum atomic E-state index is 14.3. The van der Waals surface area contributed by atoms with Gasteiger partial charge in [0.2, 0.25) is 11.9 Å². The molecule has 0 aliphatic heterocycles. The van der Waals surface area contributed by atoms with E-state index < -0.39 is 5.95 Å². The van der Waals surface area contributed by atoms with Crippen LogP contribution in [0.3, 0.4) is 0 Å². The van der Waals surface area contributed by atoms with E-state index in [0.717, 1.165) is 22.6 Å². The number of anilines is 1. The van der Waals surface area contributed by atoms with Crippen LogP contribution in [0, 0.1) is 12.9 Å². The molecule has 7 nitrogen and oxygen atoms in total. The SMILES string of the molecule is COc1ccc(CN(Cc2ccc(OC)cc2)c2nc(C)nc(-c3cccnc3F)n2)cc1. The van der Waals surface area contributed by atoms with E-state index in [1.165, 1.54) is 6.20 Å². The quantitative estimate of drug-likeness (QED) is 0.367. The maximum absolute atomic E-state index is 14.3. The van der Waals surface area contributed by atoms with E-state index in [1.807, 2.05) is 53.4 Å². The molecule has 0 saturated carbocycles. The number of nitrogens with zero attached hydrogens (tertiary/aromatic N) is 5. The Morgan fingerprint density at radius 1 is 0.788 bits per heavy atom. The molecule has 2 aromatic carbocycles. The minimum absolute atomic E-state index is 0.234. The Morgan fingerprint density at radius 3 is 1.88 bits per heavy atom. The van der Waals surface area contributed by atoms with E-state index in [4.69, 9.17) is 9.47 Å². The van der Waals surface area contributed by atoms with Crippen molar-refractivity contribution in [2.75, 3.05) is 19.1 Å². The van der Waals surface area contributed by atoms with Crippen molar-refractivity contribution in [2.45, 2.75) is 20.0 Å².